The van der Waals surface area contributed by atoms with Crippen molar-refractivity contribution in [1.29, 1.82) is 0 Å². The maximum Gasteiger partial charge on any atom is 0.254 e. The summed E-state index contributed by atoms with van der Waals surface area (Å²) in [6.07, 6.45) is 1.99. The smallest absolute Gasteiger partial charge is 0.254 e. The number of carbonyl (C=O) groups excluding carboxylic acids is 1. The largest absolute Gasteiger partial charge is 0.490 e. The molecule has 0 aromatic heterocycles. The van der Waals surface area contributed by atoms with Crippen LogP contribution in [0.15, 0.2) is 12.1 Å². The Balaban J connectivity index is 2.19. The first kappa shape index (κ1) is 18.9. The third-order valence-electron chi connectivity index (χ3n) is 4.09. The molecule has 24 heavy (non-hydrogen) atoms. The van der Waals surface area contributed by atoms with Crippen molar-refractivity contribution in [3.63, 3.8) is 0 Å². The summed E-state index contributed by atoms with van der Waals surface area (Å²) in [4.78, 5) is 16.8. The van der Waals surface area contributed by atoms with Crippen LogP contribution in [0.1, 0.15) is 37.0 Å². The molecule has 1 aromatic carbocycles. The van der Waals surface area contributed by atoms with Gasteiger partial charge in [0.25, 0.3) is 5.91 Å². The van der Waals surface area contributed by atoms with Crippen LogP contribution in [0.25, 0.3) is 0 Å². The first-order chi connectivity index (χ1) is 11.6. The van der Waals surface area contributed by atoms with Crippen molar-refractivity contribution >= 4 is 17.5 Å². The first-order valence-corrected chi connectivity index (χ1v) is 9.01. The molecule has 5 nitrogen and oxygen atoms in total. The van der Waals surface area contributed by atoms with E-state index >= 15 is 0 Å². The van der Waals surface area contributed by atoms with Gasteiger partial charge in [-0.3, -0.25) is 4.79 Å². The second-order valence-electron chi connectivity index (χ2n) is 6.02. The minimum absolute atomic E-state index is 0.00828. The van der Waals surface area contributed by atoms with Gasteiger partial charge in [-0.1, -0.05) is 24.9 Å². The Morgan fingerprint density at radius 3 is 2.50 bits per heavy atom. The molecule has 0 atom stereocenters. The number of nitrogens with zero attached hydrogens (tertiary/aromatic N) is 2. The molecular formula is C18H27ClN2O3. The lowest BCUT2D eigenvalue weighted by Crippen LogP contribution is -2.47. The third-order valence-corrected chi connectivity index (χ3v) is 4.37. The average molecular weight is 355 g/mol. The Bertz CT molecular complexity index is 557. The molecule has 0 N–H and O–H groups in total. The van der Waals surface area contributed by atoms with Crippen molar-refractivity contribution in [3.8, 4) is 11.5 Å². The van der Waals surface area contributed by atoms with Crippen molar-refractivity contribution < 1.29 is 14.3 Å². The van der Waals surface area contributed by atoms with Gasteiger partial charge in [-0.25, -0.2) is 0 Å². The number of benzene rings is 1. The van der Waals surface area contributed by atoms with Gasteiger partial charge in [0.1, 0.15) is 0 Å². The van der Waals surface area contributed by atoms with Crippen LogP contribution >= 0.6 is 11.6 Å². The number of hydrogen-bond donors (Lipinski definition) is 0. The molecule has 0 spiro atoms. The fourth-order valence-electron chi connectivity index (χ4n) is 2.61. The molecule has 1 amide bonds. The summed E-state index contributed by atoms with van der Waals surface area (Å²) in [6.45, 7) is 8.31. The number of amides is 1. The third kappa shape index (κ3) is 4.77. The predicted molar refractivity (Wildman–Crippen MR) is 96.4 cm³/mol. The Kier molecular flexibility index (Phi) is 7.18. The number of halogens is 1. The summed E-state index contributed by atoms with van der Waals surface area (Å²) in [5.41, 5.74) is 0.552. The number of rotatable bonds is 7. The van der Waals surface area contributed by atoms with Crippen molar-refractivity contribution in [3.05, 3.63) is 22.7 Å². The van der Waals surface area contributed by atoms with Crippen LogP contribution < -0.4 is 9.47 Å². The van der Waals surface area contributed by atoms with E-state index in [0.29, 0.717) is 35.3 Å². The minimum atomic E-state index is -0.00828. The second kappa shape index (κ2) is 9.14. The van der Waals surface area contributed by atoms with Crippen molar-refractivity contribution in [2.75, 3.05) is 46.4 Å². The molecule has 0 unspecified atom stereocenters. The number of unbranched alkanes of at least 4 members (excludes halogenated alkanes) is 1. The summed E-state index contributed by atoms with van der Waals surface area (Å²) >= 11 is 6.37. The number of likely N-dealkylation sites (N-methyl/N-ethyl adjacent to an activating group) is 1. The van der Waals surface area contributed by atoms with Gasteiger partial charge in [-0.15, -0.1) is 0 Å². The molecule has 1 aliphatic rings. The molecule has 1 aliphatic heterocycles. The zero-order valence-electron chi connectivity index (χ0n) is 14.8. The van der Waals surface area contributed by atoms with Crippen LogP contribution in [0.2, 0.25) is 5.02 Å². The quantitative estimate of drug-likeness (QED) is 0.704. The van der Waals surface area contributed by atoms with Crippen molar-refractivity contribution in [2.45, 2.75) is 26.7 Å². The summed E-state index contributed by atoms with van der Waals surface area (Å²) < 4.78 is 11.4. The maximum absolute atomic E-state index is 12.7. The van der Waals surface area contributed by atoms with E-state index in [-0.39, 0.29) is 5.91 Å². The van der Waals surface area contributed by atoms with E-state index in [2.05, 4.69) is 18.9 Å². The van der Waals surface area contributed by atoms with Crippen LogP contribution in [0.3, 0.4) is 0 Å². The minimum Gasteiger partial charge on any atom is -0.490 e. The molecule has 134 valence electrons. The van der Waals surface area contributed by atoms with Crippen LogP contribution in [0.4, 0.5) is 0 Å². The standard InChI is InChI=1S/C18H27ClN2O3/c1-4-6-11-24-17-15(19)12-14(13-16(17)23-5-2)18(22)21-9-7-20(3)8-10-21/h12-13H,4-11H2,1-3H3. The average Bonchev–Trinajstić information content (AvgIpc) is 2.57. The predicted octanol–water partition coefficient (Wildman–Crippen LogP) is 3.31. The van der Waals surface area contributed by atoms with E-state index in [1.54, 1.807) is 12.1 Å². The normalized spacial score (nSPS) is 15.4. The van der Waals surface area contributed by atoms with E-state index in [4.69, 9.17) is 21.1 Å². The monoisotopic (exact) mass is 354 g/mol. The lowest BCUT2D eigenvalue weighted by Gasteiger charge is -2.32. The second-order valence-corrected chi connectivity index (χ2v) is 6.42. The molecule has 0 aliphatic carbocycles. The highest BCUT2D eigenvalue weighted by Gasteiger charge is 2.23. The van der Waals surface area contributed by atoms with Crippen LogP contribution in [0.5, 0.6) is 11.5 Å². The van der Waals surface area contributed by atoms with Gasteiger partial charge in [-0.2, -0.15) is 0 Å². The Morgan fingerprint density at radius 2 is 1.88 bits per heavy atom. The molecule has 0 saturated carbocycles. The highest BCUT2D eigenvalue weighted by molar-refractivity contribution is 6.32. The molecule has 1 fully saturated rings. The number of ether oxygens (including phenoxy) is 2. The van der Waals surface area contributed by atoms with Gasteiger partial charge in [0.2, 0.25) is 0 Å². The van der Waals surface area contributed by atoms with E-state index < -0.39 is 0 Å². The number of piperazine rings is 1. The van der Waals surface area contributed by atoms with Crippen molar-refractivity contribution in [1.82, 2.24) is 9.80 Å². The van der Waals surface area contributed by atoms with E-state index in [9.17, 15) is 4.79 Å². The van der Waals surface area contributed by atoms with Gasteiger partial charge in [0.15, 0.2) is 11.5 Å². The van der Waals surface area contributed by atoms with Crippen LogP contribution in [0, 0.1) is 0 Å². The first-order valence-electron chi connectivity index (χ1n) is 8.63. The molecule has 1 aromatic rings. The molecule has 1 saturated heterocycles. The van der Waals surface area contributed by atoms with E-state index in [1.165, 1.54) is 0 Å². The van der Waals surface area contributed by atoms with Crippen molar-refractivity contribution in [2.24, 2.45) is 0 Å². The highest BCUT2D eigenvalue weighted by Crippen LogP contribution is 2.37. The van der Waals surface area contributed by atoms with Crippen LogP contribution in [-0.4, -0.2) is 62.1 Å². The zero-order valence-corrected chi connectivity index (χ0v) is 15.6. The zero-order chi connectivity index (χ0) is 17.5. The summed E-state index contributed by atoms with van der Waals surface area (Å²) in [7, 11) is 2.06. The van der Waals surface area contributed by atoms with Gasteiger partial charge < -0.3 is 19.3 Å². The molecule has 6 heteroatoms. The van der Waals surface area contributed by atoms with E-state index in [0.717, 1.165) is 39.0 Å². The Labute approximate surface area is 149 Å². The molecule has 0 radical (unpaired) electrons. The molecule has 2 rings (SSSR count). The summed E-state index contributed by atoms with van der Waals surface area (Å²) in [5, 5.41) is 0.425. The molecule has 0 bridgehead atoms. The number of carbonyl (C=O) groups is 1. The summed E-state index contributed by atoms with van der Waals surface area (Å²) in [6, 6.07) is 3.43. The molecule has 1 heterocycles. The lowest BCUT2D eigenvalue weighted by atomic mass is 10.1. The van der Waals surface area contributed by atoms with E-state index in [1.807, 2.05) is 11.8 Å². The fourth-order valence-corrected chi connectivity index (χ4v) is 2.87. The van der Waals surface area contributed by atoms with Gasteiger partial charge >= 0.3 is 0 Å². The lowest BCUT2D eigenvalue weighted by molar-refractivity contribution is 0.0663. The fraction of sp³-hybridized carbons (Fsp3) is 0.611. The topological polar surface area (TPSA) is 42.0 Å². The van der Waals surface area contributed by atoms with Gasteiger partial charge in [-0.05, 0) is 32.5 Å². The Morgan fingerprint density at radius 1 is 1.17 bits per heavy atom. The highest BCUT2D eigenvalue weighted by atomic mass is 35.5. The maximum atomic E-state index is 12.7. The van der Waals surface area contributed by atoms with Gasteiger partial charge in [0.05, 0.1) is 18.2 Å². The van der Waals surface area contributed by atoms with Gasteiger partial charge in [0, 0.05) is 31.7 Å². The Hall–Kier alpha value is -1.46. The number of hydrogen-bond acceptors (Lipinski definition) is 4. The molecular weight excluding hydrogens is 328 g/mol. The SMILES string of the molecule is CCCCOc1c(Cl)cc(C(=O)N2CCN(C)CC2)cc1OCC. The van der Waals surface area contributed by atoms with Crippen LogP contribution in [-0.2, 0) is 0 Å². The summed E-state index contributed by atoms with van der Waals surface area (Å²) in [5.74, 6) is 1.06.